The smallest absolute Gasteiger partial charge is 0.226 e. The molecule has 2 fully saturated rings. The number of hydrogen-bond donors (Lipinski definition) is 2. The van der Waals surface area contributed by atoms with Gasteiger partial charge in [0, 0.05) is 41.7 Å². The van der Waals surface area contributed by atoms with Gasteiger partial charge in [0.2, 0.25) is 5.95 Å². The molecule has 3 aliphatic heterocycles. The lowest BCUT2D eigenvalue weighted by Crippen LogP contribution is -2.40. The molecule has 6 heterocycles. The molecule has 196 valence electrons. The van der Waals surface area contributed by atoms with Crippen molar-refractivity contribution in [1.29, 1.82) is 5.26 Å². The van der Waals surface area contributed by atoms with Crippen molar-refractivity contribution in [2.45, 2.75) is 45.9 Å². The fourth-order valence-corrected chi connectivity index (χ4v) is 6.82. The highest BCUT2D eigenvalue weighted by atomic mass is 32.1. The van der Waals surface area contributed by atoms with E-state index in [1.54, 1.807) is 6.20 Å². The van der Waals surface area contributed by atoms with Crippen LogP contribution in [0.25, 0.3) is 32.2 Å². The number of thiophene rings is 1. The Labute approximate surface area is 222 Å². The number of rotatable bonds is 2. The molecule has 2 unspecified atom stereocenters. The first-order valence-electron chi connectivity index (χ1n) is 12.9. The zero-order chi connectivity index (χ0) is 26.6. The monoisotopic (exact) mass is 535 g/mol. The van der Waals surface area contributed by atoms with Crippen LogP contribution in [0.3, 0.4) is 0 Å². The Morgan fingerprint density at radius 1 is 1.18 bits per heavy atom. The fraction of sp³-hybridized carbons (Fsp3) is 0.407. The van der Waals surface area contributed by atoms with Gasteiger partial charge < -0.3 is 20.7 Å². The van der Waals surface area contributed by atoms with E-state index < -0.39 is 11.6 Å². The summed E-state index contributed by atoms with van der Waals surface area (Å²) < 4.78 is 36.9. The van der Waals surface area contributed by atoms with Gasteiger partial charge >= 0.3 is 0 Å². The van der Waals surface area contributed by atoms with Crippen LogP contribution in [-0.4, -0.2) is 40.6 Å². The highest BCUT2D eigenvalue weighted by Crippen LogP contribution is 2.45. The molecule has 2 atom stereocenters. The second-order valence-corrected chi connectivity index (χ2v) is 10.6. The van der Waals surface area contributed by atoms with Crippen molar-refractivity contribution in [3.8, 4) is 17.3 Å². The Bertz CT molecular complexity index is 1600. The lowest BCUT2D eigenvalue weighted by molar-refractivity contribution is 0.135. The first kappa shape index (κ1) is 24.9. The van der Waals surface area contributed by atoms with E-state index in [-0.39, 0.29) is 50.6 Å². The molecule has 2 saturated heterocycles. The molecular weight excluding hydrogens is 508 g/mol. The largest absolute Gasteiger partial charge is 0.389 e. The lowest BCUT2D eigenvalue weighted by atomic mass is 9.94. The standard InChI is InChI=1S/C25H21F2N7OS.C2H6/c26-16-6-31-22(19-12(4-28)24(29)36-23(16)19)18-15-10-35-9-14(15)13-5-32-25(33-21(13)20(18)27)34-7-11-2-1-3-30-17(11)8-34;1-2/h5-6,11,17,30H,1-3,7-10,29H2;1-2H3. The number of anilines is 2. The van der Waals surface area contributed by atoms with Crippen LogP contribution in [0.1, 0.15) is 43.4 Å². The van der Waals surface area contributed by atoms with Crippen molar-refractivity contribution in [3.05, 3.63) is 40.7 Å². The number of halogens is 2. The Morgan fingerprint density at radius 3 is 2.79 bits per heavy atom. The SMILES string of the molecule is CC.N#Cc1c(N)sc2c(F)cnc(-c3c4c(c5cnc(N6CC7CCCNC7C6)nc5c3F)COC4)c12. The Kier molecular flexibility index (Phi) is 6.34. The summed E-state index contributed by atoms with van der Waals surface area (Å²) in [6.45, 7) is 7.06. The molecule has 0 amide bonds. The third-order valence-corrected chi connectivity index (χ3v) is 8.64. The molecular formula is C27H27F2N7OS. The second-order valence-electron chi connectivity index (χ2n) is 9.55. The van der Waals surface area contributed by atoms with Crippen LogP contribution < -0.4 is 16.0 Å². The van der Waals surface area contributed by atoms with E-state index in [1.165, 1.54) is 0 Å². The van der Waals surface area contributed by atoms with Gasteiger partial charge in [-0.3, -0.25) is 4.98 Å². The Balaban J connectivity index is 0.00000129. The van der Waals surface area contributed by atoms with Crippen molar-refractivity contribution in [1.82, 2.24) is 20.3 Å². The van der Waals surface area contributed by atoms with Crippen molar-refractivity contribution < 1.29 is 13.5 Å². The summed E-state index contributed by atoms with van der Waals surface area (Å²) >= 11 is 0.959. The third-order valence-electron chi connectivity index (χ3n) is 7.61. The highest BCUT2D eigenvalue weighted by Gasteiger charge is 2.36. The molecule has 0 spiro atoms. The van der Waals surface area contributed by atoms with Crippen LogP contribution in [0, 0.1) is 28.9 Å². The van der Waals surface area contributed by atoms with Crippen molar-refractivity contribution >= 4 is 43.3 Å². The molecule has 7 rings (SSSR count). The van der Waals surface area contributed by atoms with Crippen LogP contribution in [0.4, 0.5) is 19.7 Å². The van der Waals surface area contributed by atoms with Crippen LogP contribution >= 0.6 is 11.3 Å². The first-order valence-corrected chi connectivity index (χ1v) is 13.7. The molecule has 4 aromatic rings. The van der Waals surface area contributed by atoms with Gasteiger partial charge in [-0.05, 0) is 36.4 Å². The number of hydrogen-bond acceptors (Lipinski definition) is 9. The number of aromatic nitrogens is 3. The number of nitrogen functional groups attached to an aromatic ring is 1. The van der Waals surface area contributed by atoms with Crippen LogP contribution in [-0.2, 0) is 18.0 Å². The lowest BCUT2D eigenvalue weighted by Gasteiger charge is -2.24. The van der Waals surface area contributed by atoms with E-state index in [1.807, 2.05) is 19.9 Å². The average Bonchev–Trinajstić information content (AvgIpc) is 3.68. The number of pyridine rings is 1. The van der Waals surface area contributed by atoms with E-state index in [2.05, 4.69) is 20.2 Å². The Morgan fingerprint density at radius 2 is 2.00 bits per heavy atom. The molecule has 1 aromatic carbocycles. The molecule has 3 aromatic heterocycles. The number of nitrogens with two attached hydrogens (primary N) is 1. The summed E-state index contributed by atoms with van der Waals surface area (Å²) in [5, 5.41) is 14.3. The van der Waals surface area contributed by atoms with E-state index >= 15 is 4.39 Å². The van der Waals surface area contributed by atoms with Gasteiger partial charge in [0.05, 0.1) is 35.4 Å². The molecule has 8 nitrogen and oxygen atoms in total. The number of ether oxygens (including phenoxy) is 1. The summed E-state index contributed by atoms with van der Waals surface area (Å²) in [6, 6.07) is 2.42. The van der Waals surface area contributed by atoms with Crippen molar-refractivity contribution in [2.75, 3.05) is 30.3 Å². The minimum Gasteiger partial charge on any atom is -0.389 e. The van der Waals surface area contributed by atoms with E-state index in [0.29, 0.717) is 28.9 Å². The molecule has 0 radical (unpaired) electrons. The number of piperidine rings is 1. The van der Waals surface area contributed by atoms with Gasteiger partial charge in [0.1, 0.15) is 16.6 Å². The number of nitrogens with one attached hydrogen (secondary N) is 1. The van der Waals surface area contributed by atoms with Gasteiger partial charge in [-0.25, -0.2) is 18.7 Å². The molecule has 0 bridgehead atoms. The van der Waals surface area contributed by atoms with Gasteiger partial charge in [0.15, 0.2) is 11.6 Å². The zero-order valence-corrected chi connectivity index (χ0v) is 22.0. The fourth-order valence-electron chi connectivity index (χ4n) is 5.90. The molecule has 0 aliphatic carbocycles. The average molecular weight is 536 g/mol. The van der Waals surface area contributed by atoms with E-state index in [4.69, 9.17) is 15.5 Å². The summed E-state index contributed by atoms with van der Waals surface area (Å²) in [7, 11) is 0. The van der Waals surface area contributed by atoms with Crippen LogP contribution in [0.2, 0.25) is 0 Å². The topological polar surface area (TPSA) is 113 Å². The van der Waals surface area contributed by atoms with E-state index in [0.717, 1.165) is 55.6 Å². The van der Waals surface area contributed by atoms with Crippen molar-refractivity contribution in [2.24, 2.45) is 5.92 Å². The maximum atomic E-state index is 16.4. The van der Waals surface area contributed by atoms with Crippen molar-refractivity contribution in [3.63, 3.8) is 0 Å². The number of benzene rings is 1. The van der Waals surface area contributed by atoms with Crippen LogP contribution in [0.15, 0.2) is 12.4 Å². The zero-order valence-electron chi connectivity index (χ0n) is 21.1. The molecule has 11 heteroatoms. The highest BCUT2D eigenvalue weighted by molar-refractivity contribution is 7.23. The van der Waals surface area contributed by atoms with Crippen LogP contribution in [0.5, 0.6) is 0 Å². The predicted octanol–water partition coefficient (Wildman–Crippen LogP) is 4.88. The first-order chi connectivity index (χ1) is 18.5. The van der Waals surface area contributed by atoms with E-state index in [9.17, 15) is 9.65 Å². The molecule has 3 aliphatic rings. The third kappa shape index (κ3) is 3.70. The van der Waals surface area contributed by atoms with Gasteiger partial charge in [0.25, 0.3) is 0 Å². The minimum absolute atomic E-state index is 0.0970. The summed E-state index contributed by atoms with van der Waals surface area (Å²) in [6.07, 6.45) is 5.02. The van der Waals surface area contributed by atoms with Gasteiger partial charge in [-0.1, -0.05) is 13.8 Å². The summed E-state index contributed by atoms with van der Waals surface area (Å²) in [4.78, 5) is 15.7. The minimum atomic E-state index is -0.602. The quantitative estimate of drug-likeness (QED) is 0.373. The van der Waals surface area contributed by atoms with Gasteiger partial charge in [-0.2, -0.15) is 5.26 Å². The Hall–Kier alpha value is -3.46. The normalized spacial score (nSPS) is 20.2. The molecule has 0 saturated carbocycles. The number of fused-ring (bicyclic) bond motifs is 5. The maximum absolute atomic E-state index is 16.4. The molecule has 38 heavy (non-hydrogen) atoms. The van der Waals surface area contributed by atoms with Gasteiger partial charge in [-0.15, -0.1) is 11.3 Å². The molecule has 3 N–H and O–H groups in total. The predicted molar refractivity (Wildman–Crippen MR) is 144 cm³/mol. The summed E-state index contributed by atoms with van der Waals surface area (Å²) in [5.41, 5.74) is 8.03. The number of nitrogens with zero attached hydrogens (tertiary/aromatic N) is 5. The number of nitriles is 1. The summed E-state index contributed by atoms with van der Waals surface area (Å²) in [5.74, 6) is -0.175. The maximum Gasteiger partial charge on any atom is 0.226 e. The second kappa shape index (κ2) is 9.69.